The van der Waals surface area contributed by atoms with E-state index >= 15 is 0 Å². The molecule has 0 saturated heterocycles. The molecule has 2 fully saturated rings. The van der Waals surface area contributed by atoms with Gasteiger partial charge in [-0.3, -0.25) is 9.78 Å². The van der Waals surface area contributed by atoms with Crippen molar-refractivity contribution >= 4 is 17.1 Å². The Hall–Kier alpha value is -1.97. The zero-order valence-electron chi connectivity index (χ0n) is 10.6. The van der Waals surface area contributed by atoms with E-state index in [0.29, 0.717) is 11.2 Å². The van der Waals surface area contributed by atoms with Crippen molar-refractivity contribution in [2.45, 2.75) is 24.7 Å². The van der Waals surface area contributed by atoms with Crippen LogP contribution in [-0.4, -0.2) is 53.1 Å². The lowest BCUT2D eigenvalue weighted by Crippen LogP contribution is -2.47. The van der Waals surface area contributed by atoms with Crippen molar-refractivity contribution in [1.29, 1.82) is 0 Å². The number of hydrogen-bond donors (Lipinski definition) is 6. The Bertz CT molecular complexity index is 699. The number of imidazole rings is 1. The Morgan fingerprint density at radius 3 is 2.60 bits per heavy atom. The maximum absolute atomic E-state index is 11.0. The van der Waals surface area contributed by atoms with Gasteiger partial charge in [-0.25, -0.2) is 4.98 Å². The van der Waals surface area contributed by atoms with Gasteiger partial charge in [-0.1, -0.05) is 6.92 Å². The van der Waals surface area contributed by atoms with Crippen LogP contribution in [0.15, 0.2) is 11.1 Å². The number of nitrogen functional groups attached to an aromatic ring is 1. The Morgan fingerprint density at radius 1 is 1.40 bits per heavy atom. The van der Waals surface area contributed by atoms with Gasteiger partial charge >= 0.3 is 0 Å². The van der Waals surface area contributed by atoms with Crippen molar-refractivity contribution < 1.29 is 15.3 Å². The number of rotatable bonds is 0. The molecule has 0 aromatic carbocycles. The number of fused-ring (bicyclic) bond motifs is 2. The summed E-state index contributed by atoms with van der Waals surface area (Å²) in [5.41, 5.74) is 4.54. The Kier molecular flexibility index (Phi) is 2.61. The minimum absolute atomic E-state index is 0.0486. The summed E-state index contributed by atoms with van der Waals surface area (Å²) in [4.78, 5) is 23.5. The summed E-state index contributed by atoms with van der Waals surface area (Å²) in [6, 6.07) is 0. The summed E-state index contributed by atoms with van der Waals surface area (Å²) in [6.07, 6.45) is 0.0341. The molecule has 0 aliphatic heterocycles. The molecule has 0 bridgehead atoms. The molecule has 9 nitrogen and oxygen atoms in total. The lowest BCUT2D eigenvalue weighted by molar-refractivity contribution is -0.113. The summed E-state index contributed by atoms with van der Waals surface area (Å²) in [5, 5.41) is 27.2. The number of nitrogens with two attached hydrogens (primary N) is 1. The fourth-order valence-corrected chi connectivity index (χ4v) is 2.84. The lowest BCUT2D eigenvalue weighted by atomic mass is 9.81. The predicted molar refractivity (Wildman–Crippen MR) is 68.5 cm³/mol. The SMILES string of the molecule is CC1C(O)[C@]2(O)C(O)C12.Nc1nc2nc[nH]c2c(=O)[nH]1. The third-order valence-corrected chi connectivity index (χ3v) is 4.09. The second-order valence-corrected chi connectivity index (χ2v) is 5.21. The van der Waals surface area contributed by atoms with Crippen molar-refractivity contribution in [3.05, 3.63) is 16.7 Å². The maximum atomic E-state index is 11.0. The minimum Gasteiger partial charge on any atom is -0.390 e. The summed E-state index contributed by atoms with van der Waals surface area (Å²) >= 11 is 0. The number of nitrogens with one attached hydrogen (secondary N) is 2. The van der Waals surface area contributed by atoms with Gasteiger partial charge in [0, 0.05) is 5.92 Å². The van der Waals surface area contributed by atoms with Gasteiger partial charge in [-0.15, -0.1) is 0 Å². The molecule has 2 aliphatic carbocycles. The molecule has 2 aromatic heterocycles. The zero-order valence-corrected chi connectivity index (χ0v) is 10.6. The normalized spacial score (nSPS) is 37.6. The molecule has 2 aliphatic rings. The van der Waals surface area contributed by atoms with Crippen LogP contribution >= 0.6 is 0 Å². The molecule has 4 unspecified atom stereocenters. The molecule has 4 rings (SSSR count). The second-order valence-electron chi connectivity index (χ2n) is 5.21. The topological polar surface area (TPSA) is 161 Å². The zero-order chi connectivity index (χ0) is 14.7. The van der Waals surface area contributed by atoms with Crippen molar-refractivity contribution in [2.75, 3.05) is 5.73 Å². The number of nitrogens with zero attached hydrogens (tertiary/aromatic N) is 2. The smallest absolute Gasteiger partial charge is 0.278 e. The number of aromatic nitrogens is 4. The van der Waals surface area contributed by atoms with E-state index in [-0.39, 0.29) is 23.3 Å². The van der Waals surface area contributed by atoms with Crippen LogP contribution in [-0.2, 0) is 0 Å². The molecule has 5 atom stereocenters. The van der Waals surface area contributed by atoms with Gasteiger partial charge in [0.05, 0.1) is 18.5 Å². The van der Waals surface area contributed by atoms with Crippen LogP contribution in [0.3, 0.4) is 0 Å². The highest BCUT2D eigenvalue weighted by Gasteiger charge is 2.79. The average Bonchev–Trinajstić information content (AvgIpc) is 2.75. The van der Waals surface area contributed by atoms with Gasteiger partial charge in [0.1, 0.15) is 5.60 Å². The molecule has 7 N–H and O–H groups in total. The highest BCUT2D eigenvalue weighted by molar-refractivity contribution is 5.69. The average molecular weight is 281 g/mol. The summed E-state index contributed by atoms with van der Waals surface area (Å²) in [5.74, 6) is 0.104. The number of H-pyrrole nitrogens is 2. The molecule has 0 amide bonds. The van der Waals surface area contributed by atoms with Gasteiger partial charge in [0.25, 0.3) is 5.56 Å². The molecule has 0 radical (unpaired) electrons. The van der Waals surface area contributed by atoms with E-state index in [9.17, 15) is 9.90 Å². The van der Waals surface area contributed by atoms with Crippen LogP contribution < -0.4 is 11.3 Å². The van der Waals surface area contributed by atoms with E-state index in [0.717, 1.165) is 0 Å². The Morgan fingerprint density at radius 2 is 2.10 bits per heavy atom. The molecule has 2 heterocycles. The van der Waals surface area contributed by atoms with Gasteiger partial charge in [-0.2, -0.15) is 4.98 Å². The van der Waals surface area contributed by atoms with Crippen molar-refractivity contribution in [3.63, 3.8) is 0 Å². The van der Waals surface area contributed by atoms with Crippen LogP contribution in [0.2, 0.25) is 0 Å². The maximum Gasteiger partial charge on any atom is 0.278 e. The molecule has 108 valence electrons. The minimum atomic E-state index is -1.11. The van der Waals surface area contributed by atoms with Crippen LogP contribution in [0, 0.1) is 11.8 Å². The fourth-order valence-electron chi connectivity index (χ4n) is 2.84. The molecule has 2 saturated carbocycles. The molecule has 9 heteroatoms. The standard InChI is InChI=1S/C6H10O3.C5H5N5O/c1-2-3-5(8)6(3,9)4(2)7;6-5-9-3-2(4(11)10-5)7-1-8-3/h2-5,7-9H,1H3;1H,(H4,6,7,8,9,10,11)/t2?,3?,4?,5?,6-;/m0./s1. The summed E-state index contributed by atoms with van der Waals surface area (Å²) in [7, 11) is 0. The predicted octanol–water partition coefficient (Wildman–Crippen LogP) is -2.05. The van der Waals surface area contributed by atoms with Crippen LogP contribution in [0.25, 0.3) is 11.2 Å². The first-order valence-corrected chi connectivity index (χ1v) is 6.14. The van der Waals surface area contributed by atoms with Crippen molar-refractivity contribution in [2.24, 2.45) is 11.8 Å². The quantitative estimate of drug-likeness (QED) is 0.324. The van der Waals surface area contributed by atoms with Crippen LogP contribution in [0.4, 0.5) is 5.95 Å². The van der Waals surface area contributed by atoms with Crippen LogP contribution in [0.1, 0.15) is 6.92 Å². The van der Waals surface area contributed by atoms with E-state index in [1.807, 2.05) is 6.92 Å². The van der Waals surface area contributed by atoms with Crippen molar-refractivity contribution in [3.8, 4) is 0 Å². The molecule has 2 aromatic rings. The summed E-state index contributed by atoms with van der Waals surface area (Å²) < 4.78 is 0. The summed E-state index contributed by atoms with van der Waals surface area (Å²) in [6.45, 7) is 1.83. The van der Waals surface area contributed by atoms with E-state index in [1.165, 1.54) is 6.33 Å². The second kappa shape index (κ2) is 4.01. The van der Waals surface area contributed by atoms with Crippen LogP contribution in [0.5, 0.6) is 0 Å². The number of anilines is 1. The van der Waals surface area contributed by atoms with Gasteiger partial charge in [0.15, 0.2) is 11.2 Å². The number of aliphatic hydroxyl groups is 3. The van der Waals surface area contributed by atoms with Crippen molar-refractivity contribution in [1.82, 2.24) is 19.9 Å². The molecular weight excluding hydrogens is 266 g/mol. The first kappa shape index (κ1) is 13.0. The number of aliphatic hydroxyl groups excluding tert-OH is 2. The van der Waals surface area contributed by atoms with E-state index in [2.05, 4.69) is 19.9 Å². The molecule has 20 heavy (non-hydrogen) atoms. The lowest BCUT2D eigenvalue weighted by Gasteiger charge is -2.33. The highest BCUT2D eigenvalue weighted by Crippen LogP contribution is 2.62. The number of hydrogen-bond acceptors (Lipinski definition) is 7. The molecular formula is C11H15N5O4. The van der Waals surface area contributed by atoms with E-state index in [1.54, 1.807) is 0 Å². The van der Waals surface area contributed by atoms with Gasteiger partial charge < -0.3 is 26.0 Å². The monoisotopic (exact) mass is 281 g/mol. The Balaban J connectivity index is 0.000000123. The van der Waals surface area contributed by atoms with E-state index in [4.69, 9.17) is 15.9 Å². The number of aromatic amines is 2. The third-order valence-electron chi connectivity index (χ3n) is 4.09. The Labute approximate surface area is 112 Å². The fraction of sp³-hybridized carbons (Fsp3) is 0.545. The van der Waals surface area contributed by atoms with Gasteiger partial charge in [-0.05, 0) is 5.92 Å². The molecule has 0 spiro atoms. The first-order valence-electron chi connectivity index (χ1n) is 6.14. The largest absolute Gasteiger partial charge is 0.390 e. The van der Waals surface area contributed by atoms with E-state index < -0.39 is 17.8 Å². The van der Waals surface area contributed by atoms with Gasteiger partial charge in [0.2, 0.25) is 5.95 Å². The third kappa shape index (κ3) is 1.57. The highest BCUT2D eigenvalue weighted by atomic mass is 16.4. The first-order chi connectivity index (χ1) is 9.37.